The van der Waals surface area contributed by atoms with Crippen LogP contribution < -0.4 is 11.1 Å². The van der Waals surface area contributed by atoms with Gasteiger partial charge in [-0.15, -0.1) is 11.3 Å². The van der Waals surface area contributed by atoms with Crippen LogP contribution in [0.15, 0.2) is 34.8 Å². The minimum Gasteiger partial charge on any atom is -0.397 e. The van der Waals surface area contributed by atoms with Gasteiger partial charge in [0.2, 0.25) is 0 Å². The number of benzene rings is 1. The third-order valence-corrected chi connectivity index (χ3v) is 5.90. The van der Waals surface area contributed by atoms with Crippen molar-refractivity contribution in [2.75, 3.05) is 11.1 Å². The molecule has 122 valence electrons. The predicted molar refractivity (Wildman–Crippen MR) is 103 cm³/mol. The zero-order chi connectivity index (χ0) is 16.7. The second kappa shape index (κ2) is 6.18. The van der Waals surface area contributed by atoms with Crippen molar-refractivity contribution in [2.24, 2.45) is 0 Å². The van der Waals surface area contributed by atoms with E-state index in [9.17, 15) is 4.79 Å². The zero-order valence-electron chi connectivity index (χ0n) is 12.9. The number of aryl methyl sites for hydroxylation is 2. The van der Waals surface area contributed by atoms with Gasteiger partial charge in [0.1, 0.15) is 9.71 Å². The van der Waals surface area contributed by atoms with E-state index < -0.39 is 0 Å². The molecule has 0 saturated heterocycles. The van der Waals surface area contributed by atoms with Crippen LogP contribution in [0.1, 0.15) is 33.8 Å². The molecule has 1 aromatic carbocycles. The number of nitrogens with two attached hydrogens (primary N) is 1. The van der Waals surface area contributed by atoms with E-state index in [1.54, 1.807) is 0 Å². The minimum atomic E-state index is -0.188. The van der Waals surface area contributed by atoms with Crippen LogP contribution in [-0.4, -0.2) is 10.9 Å². The van der Waals surface area contributed by atoms with Gasteiger partial charge in [-0.25, -0.2) is 4.98 Å². The number of halogens is 1. The van der Waals surface area contributed by atoms with Crippen LogP contribution in [0.3, 0.4) is 0 Å². The normalized spacial score (nSPS) is 13.7. The lowest BCUT2D eigenvalue weighted by Gasteiger charge is -2.14. The van der Waals surface area contributed by atoms with Gasteiger partial charge in [-0.3, -0.25) is 4.79 Å². The van der Waals surface area contributed by atoms with Crippen molar-refractivity contribution >= 4 is 54.8 Å². The molecule has 4 nitrogen and oxygen atoms in total. The summed E-state index contributed by atoms with van der Waals surface area (Å²) in [6.07, 6.45) is 4.44. The highest BCUT2D eigenvalue weighted by Gasteiger charge is 2.20. The van der Waals surface area contributed by atoms with Crippen LogP contribution in [0.5, 0.6) is 0 Å². The highest BCUT2D eigenvalue weighted by atomic mass is 79.9. The lowest BCUT2D eigenvalue weighted by atomic mass is 9.95. The average Bonchev–Trinajstić information content (AvgIpc) is 2.89. The number of nitrogens with zero attached hydrogens (tertiary/aromatic N) is 1. The van der Waals surface area contributed by atoms with E-state index in [0.29, 0.717) is 10.6 Å². The fraction of sp³-hybridized carbons (Fsp3) is 0.222. The monoisotopic (exact) mass is 401 g/mol. The Morgan fingerprint density at radius 1 is 1.25 bits per heavy atom. The third kappa shape index (κ3) is 2.80. The van der Waals surface area contributed by atoms with Crippen molar-refractivity contribution in [1.29, 1.82) is 0 Å². The average molecular weight is 402 g/mol. The summed E-state index contributed by atoms with van der Waals surface area (Å²) in [5.74, 6) is -0.188. The molecule has 0 spiro atoms. The van der Waals surface area contributed by atoms with Gasteiger partial charge in [0.25, 0.3) is 5.91 Å². The number of nitrogens with one attached hydrogen (secondary N) is 1. The van der Waals surface area contributed by atoms with Crippen molar-refractivity contribution < 1.29 is 4.79 Å². The summed E-state index contributed by atoms with van der Waals surface area (Å²) >= 11 is 4.77. The molecule has 6 heteroatoms. The molecule has 4 rings (SSSR count). The van der Waals surface area contributed by atoms with Crippen LogP contribution in [-0.2, 0) is 12.8 Å². The number of fused-ring (bicyclic) bond motifs is 2. The summed E-state index contributed by atoms with van der Waals surface area (Å²) < 4.78 is 0.916. The number of amides is 1. The molecule has 0 radical (unpaired) electrons. The zero-order valence-corrected chi connectivity index (χ0v) is 15.3. The third-order valence-electron chi connectivity index (χ3n) is 4.29. The minimum absolute atomic E-state index is 0.188. The van der Waals surface area contributed by atoms with E-state index in [2.05, 4.69) is 27.3 Å². The molecule has 0 bridgehead atoms. The summed E-state index contributed by atoms with van der Waals surface area (Å²) in [5.41, 5.74) is 9.96. The molecule has 1 amide bonds. The van der Waals surface area contributed by atoms with Gasteiger partial charge >= 0.3 is 0 Å². The molecule has 1 aliphatic rings. The van der Waals surface area contributed by atoms with E-state index in [-0.39, 0.29) is 5.91 Å². The number of hydrogen-bond donors (Lipinski definition) is 2. The molecule has 0 saturated carbocycles. The fourth-order valence-electron chi connectivity index (χ4n) is 3.08. The van der Waals surface area contributed by atoms with Crippen molar-refractivity contribution in [3.05, 3.63) is 50.9 Å². The number of rotatable bonds is 2. The molecular formula is C18H16BrN3OS. The van der Waals surface area contributed by atoms with Gasteiger partial charge in [0.15, 0.2) is 0 Å². The number of pyridine rings is 1. The molecule has 2 aromatic heterocycles. The Kier molecular flexibility index (Phi) is 4.02. The summed E-state index contributed by atoms with van der Waals surface area (Å²) in [6, 6.07) is 9.63. The van der Waals surface area contributed by atoms with Crippen molar-refractivity contribution in [2.45, 2.75) is 25.7 Å². The molecular weight excluding hydrogens is 386 g/mol. The number of thiophene rings is 1. The topological polar surface area (TPSA) is 68.0 Å². The second-order valence-electron chi connectivity index (χ2n) is 5.96. The van der Waals surface area contributed by atoms with Crippen LogP contribution >= 0.6 is 27.3 Å². The van der Waals surface area contributed by atoms with Gasteiger partial charge in [-0.1, -0.05) is 22.0 Å². The van der Waals surface area contributed by atoms with E-state index in [1.807, 2.05) is 24.3 Å². The number of carbonyl (C=O) groups is 1. The Labute approximate surface area is 152 Å². The Bertz CT molecular complexity index is 951. The number of aromatic nitrogens is 1. The molecule has 2 heterocycles. The first kappa shape index (κ1) is 15.6. The van der Waals surface area contributed by atoms with Crippen LogP contribution in [0.4, 0.5) is 11.4 Å². The maximum atomic E-state index is 12.6. The highest BCUT2D eigenvalue weighted by Crippen LogP contribution is 2.35. The molecule has 0 unspecified atom stereocenters. The second-order valence-corrected chi connectivity index (χ2v) is 7.88. The van der Waals surface area contributed by atoms with Gasteiger partial charge in [0, 0.05) is 21.2 Å². The van der Waals surface area contributed by atoms with Gasteiger partial charge in [0.05, 0.1) is 5.69 Å². The molecule has 0 aliphatic heterocycles. The van der Waals surface area contributed by atoms with Gasteiger partial charge < -0.3 is 11.1 Å². The highest BCUT2D eigenvalue weighted by molar-refractivity contribution is 9.10. The van der Waals surface area contributed by atoms with Crippen LogP contribution in [0.2, 0.25) is 0 Å². The largest absolute Gasteiger partial charge is 0.397 e. The Morgan fingerprint density at radius 3 is 2.92 bits per heavy atom. The number of anilines is 2. The first-order valence-electron chi connectivity index (χ1n) is 7.89. The van der Waals surface area contributed by atoms with Crippen LogP contribution in [0.25, 0.3) is 10.2 Å². The summed E-state index contributed by atoms with van der Waals surface area (Å²) in [6.45, 7) is 0. The Balaban J connectivity index is 1.71. The van der Waals surface area contributed by atoms with Crippen molar-refractivity contribution in [3.8, 4) is 0 Å². The molecule has 3 N–H and O–H groups in total. The van der Waals surface area contributed by atoms with Gasteiger partial charge in [-0.2, -0.15) is 0 Å². The van der Waals surface area contributed by atoms with E-state index in [4.69, 9.17) is 10.7 Å². The van der Waals surface area contributed by atoms with Crippen molar-refractivity contribution in [3.63, 3.8) is 0 Å². The van der Waals surface area contributed by atoms with E-state index >= 15 is 0 Å². The quantitative estimate of drug-likeness (QED) is 0.649. The standard InChI is InChI=1S/C18H16BrN3OS/c19-11-5-3-6-12(9-11)21-17(23)16-15(20)13-8-10-4-1-2-7-14(10)22-18(13)24-16/h3,5-6,8-9H,1-2,4,7,20H2,(H,21,23). The predicted octanol–water partition coefficient (Wildman–Crippen LogP) is 4.77. The molecule has 24 heavy (non-hydrogen) atoms. The maximum absolute atomic E-state index is 12.6. The number of hydrogen-bond acceptors (Lipinski definition) is 4. The summed E-state index contributed by atoms with van der Waals surface area (Å²) in [4.78, 5) is 18.7. The Hall–Kier alpha value is -1.92. The van der Waals surface area contributed by atoms with Gasteiger partial charge in [-0.05, 0) is 55.5 Å². The molecule has 1 aliphatic carbocycles. The first-order chi connectivity index (χ1) is 11.6. The van der Waals surface area contributed by atoms with E-state index in [0.717, 1.165) is 38.9 Å². The molecule has 3 aromatic rings. The summed E-state index contributed by atoms with van der Waals surface area (Å²) in [5, 5.41) is 3.81. The van der Waals surface area contributed by atoms with E-state index in [1.165, 1.54) is 29.7 Å². The lowest BCUT2D eigenvalue weighted by Crippen LogP contribution is -2.11. The summed E-state index contributed by atoms with van der Waals surface area (Å²) in [7, 11) is 0. The SMILES string of the molecule is Nc1c(C(=O)Nc2cccc(Br)c2)sc2nc3c(cc12)CCCC3. The first-order valence-corrected chi connectivity index (χ1v) is 9.50. The van der Waals surface area contributed by atoms with Crippen LogP contribution in [0, 0.1) is 0 Å². The maximum Gasteiger partial charge on any atom is 0.267 e. The Morgan fingerprint density at radius 2 is 2.08 bits per heavy atom. The molecule has 0 atom stereocenters. The van der Waals surface area contributed by atoms with Crippen molar-refractivity contribution in [1.82, 2.24) is 4.98 Å². The number of nitrogen functional groups attached to an aromatic ring is 1. The smallest absolute Gasteiger partial charge is 0.267 e. The molecule has 0 fully saturated rings. The lowest BCUT2D eigenvalue weighted by molar-refractivity contribution is 0.103. The fourth-order valence-corrected chi connectivity index (χ4v) is 4.47. The number of carbonyl (C=O) groups excluding carboxylic acids is 1.